The highest BCUT2D eigenvalue weighted by Gasteiger charge is 2.14. The van der Waals surface area contributed by atoms with Crippen molar-refractivity contribution in [1.82, 2.24) is 10.3 Å². The van der Waals surface area contributed by atoms with Crippen LogP contribution in [-0.4, -0.2) is 23.7 Å². The number of pyridine rings is 1. The highest BCUT2D eigenvalue weighted by Crippen LogP contribution is 2.21. The molecule has 0 bridgehead atoms. The van der Waals surface area contributed by atoms with Crippen LogP contribution in [0.1, 0.15) is 26.3 Å². The van der Waals surface area contributed by atoms with Crippen molar-refractivity contribution in [1.29, 1.82) is 0 Å². The Kier molecular flexibility index (Phi) is 3.01. The van der Waals surface area contributed by atoms with Gasteiger partial charge in [-0.25, -0.2) is 0 Å². The number of anilines is 1. The first-order valence-electron chi connectivity index (χ1n) is 5.66. The van der Waals surface area contributed by atoms with Gasteiger partial charge < -0.3 is 15.4 Å². The molecule has 1 aromatic heterocycles. The predicted octanol–water partition coefficient (Wildman–Crippen LogP) is 1.77. The monoisotopic (exact) mass is 221 g/mol. The van der Waals surface area contributed by atoms with E-state index >= 15 is 0 Å². The van der Waals surface area contributed by atoms with Crippen LogP contribution in [0, 0.1) is 0 Å². The van der Waals surface area contributed by atoms with Gasteiger partial charge in [-0.15, -0.1) is 0 Å². The molecule has 4 heteroatoms. The summed E-state index contributed by atoms with van der Waals surface area (Å²) in [6.45, 7) is 8.73. The summed E-state index contributed by atoms with van der Waals surface area (Å²) in [6, 6.07) is 4.06. The molecule has 0 saturated carbocycles. The topological polar surface area (TPSA) is 46.2 Å². The van der Waals surface area contributed by atoms with Crippen molar-refractivity contribution in [2.24, 2.45) is 0 Å². The minimum atomic E-state index is 0.0181. The molecule has 0 aromatic carbocycles. The molecular weight excluding hydrogens is 202 g/mol. The van der Waals surface area contributed by atoms with Crippen molar-refractivity contribution >= 4 is 5.82 Å². The molecule has 0 atom stereocenters. The van der Waals surface area contributed by atoms with Gasteiger partial charge in [-0.2, -0.15) is 4.98 Å². The summed E-state index contributed by atoms with van der Waals surface area (Å²) in [5, 5.41) is 6.63. The van der Waals surface area contributed by atoms with Crippen LogP contribution < -0.4 is 15.4 Å². The SMILES string of the molecule is CC(C)(C)Nc1ccc2c(n1)OCCNC2. The maximum Gasteiger partial charge on any atom is 0.219 e. The molecule has 4 nitrogen and oxygen atoms in total. The first kappa shape index (κ1) is 11.2. The van der Waals surface area contributed by atoms with Crippen LogP contribution in [0.3, 0.4) is 0 Å². The van der Waals surface area contributed by atoms with Crippen LogP contribution in [-0.2, 0) is 6.54 Å². The van der Waals surface area contributed by atoms with Gasteiger partial charge in [0.25, 0.3) is 0 Å². The summed E-state index contributed by atoms with van der Waals surface area (Å²) in [5.41, 5.74) is 1.14. The zero-order valence-corrected chi connectivity index (χ0v) is 10.1. The van der Waals surface area contributed by atoms with Crippen LogP contribution in [0.5, 0.6) is 5.88 Å². The van der Waals surface area contributed by atoms with E-state index in [9.17, 15) is 0 Å². The first-order valence-corrected chi connectivity index (χ1v) is 5.66. The van der Waals surface area contributed by atoms with Gasteiger partial charge in [0, 0.05) is 24.2 Å². The van der Waals surface area contributed by atoms with E-state index in [1.54, 1.807) is 0 Å². The summed E-state index contributed by atoms with van der Waals surface area (Å²) in [6.07, 6.45) is 0. The number of nitrogens with zero attached hydrogens (tertiary/aromatic N) is 1. The second kappa shape index (κ2) is 4.29. The third-order valence-corrected chi connectivity index (χ3v) is 2.28. The van der Waals surface area contributed by atoms with E-state index in [0.717, 1.165) is 30.4 Å². The molecule has 0 fully saturated rings. The normalized spacial score (nSPS) is 15.9. The number of aromatic nitrogens is 1. The molecule has 0 spiro atoms. The number of ether oxygens (including phenoxy) is 1. The van der Waals surface area contributed by atoms with E-state index in [-0.39, 0.29) is 5.54 Å². The number of rotatable bonds is 1. The predicted molar refractivity (Wildman–Crippen MR) is 64.8 cm³/mol. The van der Waals surface area contributed by atoms with Crippen LogP contribution in [0.2, 0.25) is 0 Å². The van der Waals surface area contributed by atoms with Crippen molar-refractivity contribution in [3.05, 3.63) is 17.7 Å². The average Bonchev–Trinajstić information content (AvgIpc) is 2.39. The zero-order chi connectivity index (χ0) is 11.6. The minimum Gasteiger partial charge on any atom is -0.476 e. The summed E-state index contributed by atoms with van der Waals surface area (Å²) < 4.78 is 5.59. The van der Waals surface area contributed by atoms with E-state index in [1.807, 2.05) is 6.07 Å². The summed E-state index contributed by atoms with van der Waals surface area (Å²) in [5.74, 6) is 1.62. The molecule has 16 heavy (non-hydrogen) atoms. The summed E-state index contributed by atoms with van der Waals surface area (Å²) >= 11 is 0. The maximum absolute atomic E-state index is 5.59. The van der Waals surface area contributed by atoms with Crippen molar-refractivity contribution in [2.45, 2.75) is 32.9 Å². The second-order valence-corrected chi connectivity index (χ2v) is 5.06. The van der Waals surface area contributed by atoms with Crippen molar-refractivity contribution in [3.63, 3.8) is 0 Å². The van der Waals surface area contributed by atoms with Crippen LogP contribution in [0.4, 0.5) is 5.82 Å². The Balaban J connectivity index is 2.21. The minimum absolute atomic E-state index is 0.0181. The van der Waals surface area contributed by atoms with E-state index in [4.69, 9.17) is 4.74 Å². The fraction of sp³-hybridized carbons (Fsp3) is 0.583. The lowest BCUT2D eigenvalue weighted by Crippen LogP contribution is -2.26. The Morgan fingerprint density at radius 2 is 2.19 bits per heavy atom. The van der Waals surface area contributed by atoms with Gasteiger partial charge in [-0.3, -0.25) is 0 Å². The summed E-state index contributed by atoms with van der Waals surface area (Å²) in [7, 11) is 0. The molecule has 2 heterocycles. The van der Waals surface area contributed by atoms with Crippen molar-refractivity contribution in [3.8, 4) is 5.88 Å². The number of hydrogen-bond acceptors (Lipinski definition) is 4. The Bertz CT molecular complexity index is 371. The Hall–Kier alpha value is -1.29. The van der Waals surface area contributed by atoms with E-state index in [1.165, 1.54) is 0 Å². The fourth-order valence-electron chi connectivity index (χ4n) is 1.63. The lowest BCUT2D eigenvalue weighted by molar-refractivity contribution is 0.314. The van der Waals surface area contributed by atoms with Crippen molar-refractivity contribution < 1.29 is 4.74 Å². The molecule has 1 aromatic rings. The number of hydrogen-bond donors (Lipinski definition) is 2. The Labute approximate surface area is 96.4 Å². The molecule has 0 saturated heterocycles. The van der Waals surface area contributed by atoms with Gasteiger partial charge in [0.15, 0.2) is 0 Å². The molecule has 2 rings (SSSR count). The molecule has 0 radical (unpaired) electrons. The molecule has 0 amide bonds. The van der Waals surface area contributed by atoms with Gasteiger partial charge in [-0.1, -0.05) is 0 Å². The largest absolute Gasteiger partial charge is 0.476 e. The van der Waals surface area contributed by atoms with Crippen LogP contribution in [0.15, 0.2) is 12.1 Å². The van der Waals surface area contributed by atoms with Crippen LogP contribution >= 0.6 is 0 Å². The highest BCUT2D eigenvalue weighted by molar-refractivity contribution is 5.43. The zero-order valence-electron chi connectivity index (χ0n) is 10.1. The standard InChI is InChI=1S/C12H19N3O/c1-12(2,3)15-10-5-4-9-8-13-6-7-16-11(9)14-10/h4-5,13H,6-8H2,1-3H3,(H,14,15). The molecular formula is C12H19N3O. The van der Waals surface area contributed by atoms with Crippen molar-refractivity contribution in [2.75, 3.05) is 18.5 Å². The summed E-state index contributed by atoms with van der Waals surface area (Å²) in [4.78, 5) is 4.49. The van der Waals surface area contributed by atoms with Gasteiger partial charge in [-0.05, 0) is 32.9 Å². The first-order chi connectivity index (χ1) is 7.54. The third-order valence-electron chi connectivity index (χ3n) is 2.28. The van der Waals surface area contributed by atoms with Gasteiger partial charge >= 0.3 is 0 Å². The Morgan fingerprint density at radius 3 is 2.94 bits per heavy atom. The number of fused-ring (bicyclic) bond motifs is 1. The van der Waals surface area contributed by atoms with E-state index in [0.29, 0.717) is 6.61 Å². The van der Waals surface area contributed by atoms with Crippen LogP contribution in [0.25, 0.3) is 0 Å². The van der Waals surface area contributed by atoms with E-state index < -0.39 is 0 Å². The maximum atomic E-state index is 5.59. The second-order valence-electron chi connectivity index (χ2n) is 5.06. The fourth-order valence-corrected chi connectivity index (χ4v) is 1.63. The van der Waals surface area contributed by atoms with Gasteiger partial charge in [0.1, 0.15) is 12.4 Å². The number of nitrogens with one attached hydrogen (secondary N) is 2. The average molecular weight is 221 g/mol. The lowest BCUT2D eigenvalue weighted by atomic mass is 10.1. The van der Waals surface area contributed by atoms with E-state index in [2.05, 4.69) is 42.5 Å². The molecule has 1 aliphatic rings. The smallest absolute Gasteiger partial charge is 0.219 e. The Morgan fingerprint density at radius 1 is 1.38 bits per heavy atom. The molecule has 0 aliphatic carbocycles. The highest BCUT2D eigenvalue weighted by atomic mass is 16.5. The van der Waals surface area contributed by atoms with Gasteiger partial charge in [0.05, 0.1) is 0 Å². The molecule has 2 N–H and O–H groups in total. The van der Waals surface area contributed by atoms with Gasteiger partial charge in [0.2, 0.25) is 5.88 Å². The lowest BCUT2D eigenvalue weighted by Gasteiger charge is -2.21. The quantitative estimate of drug-likeness (QED) is 0.758. The molecule has 0 unspecified atom stereocenters. The molecule has 88 valence electrons. The molecule has 1 aliphatic heterocycles. The third kappa shape index (κ3) is 2.85.